The number of fused-ring (bicyclic) bond motifs is 1. The van der Waals surface area contributed by atoms with Gasteiger partial charge in [-0.15, -0.1) is 11.8 Å². The van der Waals surface area contributed by atoms with E-state index in [0.29, 0.717) is 18.0 Å². The Morgan fingerprint density at radius 2 is 1.97 bits per heavy atom. The van der Waals surface area contributed by atoms with Crippen molar-refractivity contribution >= 4 is 54.4 Å². The lowest BCUT2D eigenvalue weighted by Crippen LogP contribution is -2.41. The molecule has 0 saturated carbocycles. The molecule has 10 heteroatoms. The van der Waals surface area contributed by atoms with Gasteiger partial charge < -0.3 is 5.32 Å². The van der Waals surface area contributed by atoms with E-state index in [2.05, 4.69) is 10.3 Å². The number of benzene rings is 2. The predicted octanol–water partition coefficient (Wildman–Crippen LogP) is 4.20. The van der Waals surface area contributed by atoms with Gasteiger partial charge in [0.25, 0.3) is 0 Å². The van der Waals surface area contributed by atoms with E-state index >= 15 is 0 Å². The van der Waals surface area contributed by atoms with Gasteiger partial charge in [-0.25, -0.2) is 17.8 Å². The SMILES string of the molecule is CSc1ccc2nc(NC(=O)C3CCN(S(=O)(=O)c4ccccc4F)CC3)sc2c1. The molecule has 1 N–H and O–H groups in total. The third-order valence-electron chi connectivity index (χ3n) is 5.10. The molecule has 30 heavy (non-hydrogen) atoms. The van der Waals surface area contributed by atoms with Crippen LogP contribution in [0.5, 0.6) is 0 Å². The Hall–Kier alpha value is -2.01. The fourth-order valence-electron chi connectivity index (χ4n) is 3.44. The lowest BCUT2D eigenvalue weighted by atomic mass is 9.97. The van der Waals surface area contributed by atoms with E-state index < -0.39 is 15.8 Å². The summed E-state index contributed by atoms with van der Waals surface area (Å²) < 4.78 is 41.6. The summed E-state index contributed by atoms with van der Waals surface area (Å²) in [5.41, 5.74) is 0.832. The number of amides is 1. The highest BCUT2D eigenvalue weighted by Gasteiger charge is 2.33. The minimum absolute atomic E-state index is 0.165. The molecule has 0 aliphatic carbocycles. The Bertz CT molecular complexity index is 1190. The number of thiazole rings is 1. The number of hydrogen-bond acceptors (Lipinski definition) is 6. The highest BCUT2D eigenvalue weighted by atomic mass is 32.2. The van der Waals surface area contributed by atoms with Crippen molar-refractivity contribution in [2.75, 3.05) is 24.7 Å². The van der Waals surface area contributed by atoms with Gasteiger partial charge in [-0.3, -0.25) is 4.79 Å². The molecule has 0 bridgehead atoms. The molecule has 0 spiro atoms. The number of rotatable bonds is 5. The molecule has 6 nitrogen and oxygen atoms in total. The Morgan fingerprint density at radius 1 is 1.23 bits per heavy atom. The van der Waals surface area contributed by atoms with E-state index in [1.165, 1.54) is 33.8 Å². The van der Waals surface area contributed by atoms with Gasteiger partial charge in [-0.1, -0.05) is 23.5 Å². The third kappa shape index (κ3) is 4.22. The normalized spacial score (nSPS) is 16.1. The molecule has 3 aromatic rings. The van der Waals surface area contributed by atoms with Crippen LogP contribution in [0.15, 0.2) is 52.3 Å². The Kier molecular flexibility index (Phi) is 6.10. The summed E-state index contributed by atoms with van der Waals surface area (Å²) in [4.78, 5) is 17.9. The molecular formula is C20H20FN3O3S3. The quantitative estimate of drug-likeness (QED) is 0.572. The van der Waals surface area contributed by atoms with Crippen LogP contribution in [-0.2, 0) is 14.8 Å². The number of thioether (sulfide) groups is 1. The van der Waals surface area contributed by atoms with Crippen molar-refractivity contribution in [2.24, 2.45) is 5.92 Å². The first-order valence-electron chi connectivity index (χ1n) is 9.38. The van der Waals surface area contributed by atoms with Crippen molar-refractivity contribution in [3.63, 3.8) is 0 Å². The molecule has 0 unspecified atom stereocenters. The average molecular weight is 466 g/mol. The number of carbonyl (C=O) groups is 1. The number of halogens is 1. The standard InChI is InChI=1S/C20H20FN3O3S3/c1-28-14-6-7-16-17(12-14)29-20(22-16)23-19(25)13-8-10-24(11-9-13)30(26,27)18-5-3-2-4-15(18)21/h2-7,12-13H,8-11H2,1H3,(H,22,23,25). The molecule has 0 atom stereocenters. The maximum absolute atomic E-state index is 13.9. The first-order chi connectivity index (χ1) is 14.4. The van der Waals surface area contributed by atoms with Gasteiger partial charge in [-0.05, 0) is 49.4 Å². The van der Waals surface area contributed by atoms with Gasteiger partial charge in [-0.2, -0.15) is 4.31 Å². The van der Waals surface area contributed by atoms with Crippen molar-refractivity contribution in [2.45, 2.75) is 22.6 Å². The third-order valence-corrected chi connectivity index (χ3v) is 8.70. The zero-order valence-corrected chi connectivity index (χ0v) is 18.6. The molecule has 1 fully saturated rings. The largest absolute Gasteiger partial charge is 0.302 e. The lowest BCUT2D eigenvalue weighted by molar-refractivity contribution is -0.120. The van der Waals surface area contributed by atoms with Gasteiger partial charge >= 0.3 is 0 Å². The second-order valence-electron chi connectivity index (χ2n) is 6.95. The van der Waals surface area contributed by atoms with Crippen LogP contribution in [0.2, 0.25) is 0 Å². The molecule has 1 saturated heterocycles. The number of nitrogens with one attached hydrogen (secondary N) is 1. The van der Waals surface area contributed by atoms with E-state index in [1.54, 1.807) is 11.8 Å². The number of hydrogen-bond donors (Lipinski definition) is 1. The van der Waals surface area contributed by atoms with Crippen molar-refractivity contribution in [3.05, 3.63) is 48.3 Å². The zero-order chi connectivity index (χ0) is 21.3. The molecular weight excluding hydrogens is 445 g/mol. The maximum Gasteiger partial charge on any atom is 0.245 e. The van der Waals surface area contributed by atoms with E-state index in [9.17, 15) is 17.6 Å². The van der Waals surface area contributed by atoms with Crippen LogP contribution >= 0.6 is 23.1 Å². The first kappa shape index (κ1) is 21.2. The number of nitrogens with zero attached hydrogens (tertiary/aromatic N) is 2. The molecule has 1 aliphatic rings. The highest BCUT2D eigenvalue weighted by Crippen LogP contribution is 2.31. The van der Waals surface area contributed by atoms with Crippen LogP contribution < -0.4 is 5.32 Å². The van der Waals surface area contributed by atoms with Crippen molar-refractivity contribution in [1.29, 1.82) is 0 Å². The van der Waals surface area contributed by atoms with Crippen LogP contribution in [0.1, 0.15) is 12.8 Å². The Labute approximate surface area is 182 Å². The van der Waals surface area contributed by atoms with E-state index in [1.807, 2.05) is 24.5 Å². The summed E-state index contributed by atoms with van der Waals surface area (Å²) >= 11 is 3.06. The predicted molar refractivity (Wildman–Crippen MR) is 118 cm³/mol. The number of anilines is 1. The lowest BCUT2D eigenvalue weighted by Gasteiger charge is -2.30. The molecule has 4 rings (SSSR count). The molecule has 1 aromatic heterocycles. The van der Waals surface area contributed by atoms with E-state index in [4.69, 9.17) is 0 Å². The highest BCUT2D eigenvalue weighted by molar-refractivity contribution is 7.98. The van der Waals surface area contributed by atoms with Crippen molar-refractivity contribution < 1.29 is 17.6 Å². The Morgan fingerprint density at radius 3 is 2.67 bits per heavy atom. The van der Waals surface area contributed by atoms with Crippen LogP contribution in [0.25, 0.3) is 10.2 Å². The van der Waals surface area contributed by atoms with Crippen LogP contribution in [0, 0.1) is 11.7 Å². The van der Waals surface area contributed by atoms with Crippen molar-refractivity contribution in [3.8, 4) is 0 Å². The number of sulfonamides is 1. The number of aromatic nitrogens is 1. The summed E-state index contributed by atoms with van der Waals surface area (Å²) in [6.07, 6.45) is 2.76. The minimum atomic E-state index is -3.91. The van der Waals surface area contributed by atoms with E-state index in [-0.39, 0.29) is 29.8 Å². The van der Waals surface area contributed by atoms with Crippen LogP contribution in [0.4, 0.5) is 9.52 Å². The zero-order valence-electron chi connectivity index (χ0n) is 16.2. The topological polar surface area (TPSA) is 79.4 Å². The molecule has 1 amide bonds. The molecule has 1 aliphatic heterocycles. The van der Waals surface area contributed by atoms with Gasteiger partial charge in [0.15, 0.2) is 5.13 Å². The second kappa shape index (κ2) is 8.62. The minimum Gasteiger partial charge on any atom is -0.302 e. The van der Waals surface area contributed by atoms with Crippen molar-refractivity contribution in [1.82, 2.24) is 9.29 Å². The summed E-state index contributed by atoms with van der Waals surface area (Å²) in [6.45, 7) is 0.345. The summed E-state index contributed by atoms with van der Waals surface area (Å²) in [7, 11) is -3.91. The monoisotopic (exact) mass is 465 g/mol. The summed E-state index contributed by atoms with van der Waals surface area (Å²) in [5, 5.41) is 3.40. The van der Waals surface area contributed by atoms with E-state index in [0.717, 1.165) is 21.2 Å². The number of piperidine rings is 1. The summed E-state index contributed by atoms with van der Waals surface area (Å²) in [5.74, 6) is -1.24. The Balaban J connectivity index is 1.40. The molecule has 2 heterocycles. The molecule has 158 valence electrons. The van der Waals surface area contributed by atoms with Crippen LogP contribution in [0.3, 0.4) is 0 Å². The molecule has 2 aromatic carbocycles. The number of carbonyl (C=O) groups excluding carboxylic acids is 1. The van der Waals surface area contributed by atoms with Gasteiger partial charge in [0.2, 0.25) is 15.9 Å². The average Bonchev–Trinajstić information content (AvgIpc) is 3.15. The first-order valence-corrected chi connectivity index (χ1v) is 12.9. The van der Waals surface area contributed by atoms with Gasteiger partial charge in [0, 0.05) is 23.9 Å². The van der Waals surface area contributed by atoms with Gasteiger partial charge in [0.1, 0.15) is 10.7 Å². The summed E-state index contributed by atoms with van der Waals surface area (Å²) in [6, 6.07) is 11.3. The fraction of sp³-hybridized carbons (Fsp3) is 0.300. The molecule has 0 radical (unpaired) electrons. The maximum atomic E-state index is 13.9. The van der Waals surface area contributed by atoms with Crippen LogP contribution in [-0.4, -0.2) is 43.0 Å². The fourth-order valence-corrected chi connectivity index (χ4v) is 6.40. The smallest absolute Gasteiger partial charge is 0.245 e. The second-order valence-corrected chi connectivity index (χ2v) is 10.8. The van der Waals surface area contributed by atoms with Gasteiger partial charge in [0.05, 0.1) is 10.2 Å².